The number of rotatable bonds is 7. The van der Waals surface area contributed by atoms with Crippen molar-refractivity contribution in [2.75, 3.05) is 31.6 Å². The predicted molar refractivity (Wildman–Crippen MR) is 101 cm³/mol. The van der Waals surface area contributed by atoms with Crippen LogP contribution >= 0.6 is 0 Å². The van der Waals surface area contributed by atoms with Gasteiger partial charge in [-0.05, 0) is 44.2 Å². The van der Waals surface area contributed by atoms with Crippen LogP contribution in [0.25, 0.3) is 0 Å². The molecule has 1 aliphatic heterocycles. The second-order valence-corrected chi connectivity index (χ2v) is 6.98. The van der Waals surface area contributed by atoms with E-state index in [0.29, 0.717) is 31.3 Å². The summed E-state index contributed by atoms with van der Waals surface area (Å²) in [5.41, 5.74) is 1.33. The molecule has 0 spiro atoms. The highest BCUT2D eigenvalue weighted by Crippen LogP contribution is 2.13. The summed E-state index contributed by atoms with van der Waals surface area (Å²) < 4.78 is 5.00. The number of nitrogens with zero attached hydrogens (tertiary/aromatic N) is 2. The van der Waals surface area contributed by atoms with Crippen LogP contribution in [0.4, 0.5) is 10.5 Å². The van der Waals surface area contributed by atoms with Gasteiger partial charge in [-0.25, -0.2) is 9.78 Å². The molecule has 2 heterocycles. The first kappa shape index (κ1) is 20.0. The zero-order valence-electron chi connectivity index (χ0n) is 16.0. The minimum absolute atomic E-state index is 0.0545. The molecule has 144 valence electrons. The van der Waals surface area contributed by atoms with Crippen LogP contribution in [0.5, 0.6) is 0 Å². The van der Waals surface area contributed by atoms with E-state index in [9.17, 15) is 9.59 Å². The van der Waals surface area contributed by atoms with Gasteiger partial charge in [-0.2, -0.15) is 0 Å². The van der Waals surface area contributed by atoms with Crippen molar-refractivity contribution < 1.29 is 14.3 Å². The van der Waals surface area contributed by atoms with Gasteiger partial charge in [-0.15, -0.1) is 0 Å². The number of hydrogen-bond donors (Lipinski definition) is 2. The number of pyridine rings is 1. The van der Waals surface area contributed by atoms with Gasteiger partial charge in [0.2, 0.25) is 0 Å². The molecule has 26 heavy (non-hydrogen) atoms. The highest BCUT2D eigenvalue weighted by atomic mass is 16.6. The van der Waals surface area contributed by atoms with Crippen LogP contribution in [-0.2, 0) is 4.74 Å². The molecule has 0 saturated carbocycles. The van der Waals surface area contributed by atoms with Crippen LogP contribution in [0, 0.1) is 5.92 Å². The van der Waals surface area contributed by atoms with E-state index in [4.69, 9.17) is 4.74 Å². The number of piperidine rings is 1. The summed E-state index contributed by atoms with van der Waals surface area (Å²) in [6, 6.07) is 3.67. The molecule has 1 aromatic heterocycles. The van der Waals surface area contributed by atoms with Crippen LogP contribution < -0.4 is 10.6 Å². The third-order valence-corrected chi connectivity index (χ3v) is 4.40. The maximum absolute atomic E-state index is 12.3. The first-order valence-electron chi connectivity index (χ1n) is 9.42. The number of hydrogen-bond acceptors (Lipinski definition) is 5. The second kappa shape index (κ2) is 9.99. The molecular weight excluding hydrogens is 332 g/mol. The molecule has 0 unspecified atom stereocenters. The number of nitrogens with one attached hydrogen (secondary N) is 2. The molecule has 0 bridgehead atoms. The molecule has 1 saturated heterocycles. The Morgan fingerprint density at radius 3 is 2.62 bits per heavy atom. The summed E-state index contributed by atoms with van der Waals surface area (Å²) in [5, 5.41) is 6.31. The topological polar surface area (TPSA) is 83.6 Å². The van der Waals surface area contributed by atoms with E-state index < -0.39 is 0 Å². The number of likely N-dealkylation sites (tertiary alicyclic amines) is 1. The fraction of sp³-hybridized carbons (Fsp3) is 0.632. The Morgan fingerprint density at radius 2 is 2.04 bits per heavy atom. The number of aromatic nitrogens is 1. The monoisotopic (exact) mass is 362 g/mol. The SMILES string of the molecule is CCOC(=O)N1CCC(NC(=O)c2ccc(NCCC(C)C)cn2)CC1. The molecule has 2 rings (SSSR count). The molecule has 0 radical (unpaired) electrons. The molecule has 1 aromatic rings. The number of amides is 2. The van der Waals surface area contributed by atoms with Crippen LogP contribution in [0.15, 0.2) is 18.3 Å². The lowest BCUT2D eigenvalue weighted by Crippen LogP contribution is -2.46. The summed E-state index contributed by atoms with van der Waals surface area (Å²) in [6.07, 6.45) is 3.95. The van der Waals surface area contributed by atoms with Gasteiger partial charge in [0.1, 0.15) is 5.69 Å². The largest absolute Gasteiger partial charge is 0.450 e. The van der Waals surface area contributed by atoms with Crippen LogP contribution in [0.2, 0.25) is 0 Å². The lowest BCUT2D eigenvalue weighted by atomic mass is 10.1. The smallest absolute Gasteiger partial charge is 0.409 e. The lowest BCUT2D eigenvalue weighted by Gasteiger charge is -2.31. The Labute approximate surface area is 155 Å². The van der Waals surface area contributed by atoms with Crippen molar-refractivity contribution in [3.05, 3.63) is 24.0 Å². The van der Waals surface area contributed by atoms with Gasteiger partial charge in [-0.1, -0.05) is 13.8 Å². The quantitative estimate of drug-likeness (QED) is 0.779. The van der Waals surface area contributed by atoms with Gasteiger partial charge in [0.25, 0.3) is 5.91 Å². The predicted octanol–water partition coefficient (Wildman–Crippen LogP) is 2.89. The molecule has 7 nitrogen and oxygen atoms in total. The maximum atomic E-state index is 12.3. The summed E-state index contributed by atoms with van der Waals surface area (Å²) in [6.45, 7) is 8.62. The highest BCUT2D eigenvalue weighted by molar-refractivity contribution is 5.92. The number of carbonyl (C=O) groups excluding carboxylic acids is 2. The first-order valence-corrected chi connectivity index (χ1v) is 9.42. The Balaban J connectivity index is 1.77. The number of ether oxygens (including phenoxy) is 1. The Morgan fingerprint density at radius 1 is 1.31 bits per heavy atom. The zero-order chi connectivity index (χ0) is 18.9. The van der Waals surface area contributed by atoms with Crippen molar-refractivity contribution in [1.29, 1.82) is 0 Å². The van der Waals surface area contributed by atoms with Gasteiger partial charge in [0.05, 0.1) is 18.5 Å². The Hall–Kier alpha value is -2.31. The molecule has 2 amide bonds. The molecular formula is C19H30N4O3. The minimum atomic E-state index is -0.278. The Bertz CT molecular complexity index is 581. The zero-order valence-corrected chi connectivity index (χ0v) is 16.0. The average molecular weight is 362 g/mol. The molecule has 1 aliphatic rings. The van der Waals surface area contributed by atoms with E-state index in [0.717, 1.165) is 31.5 Å². The van der Waals surface area contributed by atoms with E-state index in [-0.39, 0.29) is 18.0 Å². The normalized spacial score (nSPS) is 15.0. The van der Waals surface area contributed by atoms with Crippen molar-refractivity contribution in [1.82, 2.24) is 15.2 Å². The van der Waals surface area contributed by atoms with E-state index in [1.165, 1.54) is 0 Å². The molecule has 0 aromatic carbocycles. The molecule has 0 aliphatic carbocycles. The molecule has 2 N–H and O–H groups in total. The average Bonchev–Trinajstić information content (AvgIpc) is 2.63. The highest BCUT2D eigenvalue weighted by Gasteiger charge is 2.25. The molecule has 7 heteroatoms. The van der Waals surface area contributed by atoms with Crippen molar-refractivity contribution in [2.24, 2.45) is 5.92 Å². The molecule has 0 atom stereocenters. The van der Waals surface area contributed by atoms with Gasteiger partial charge in [0, 0.05) is 25.7 Å². The fourth-order valence-corrected chi connectivity index (χ4v) is 2.82. The van der Waals surface area contributed by atoms with Gasteiger partial charge in [-0.3, -0.25) is 4.79 Å². The summed E-state index contributed by atoms with van der Waals surface area (Å²) in [7, 11) is 0. The van der Waals surface area contributed by atoms with Crippen molar-refractivity contribution in [3.63, 3.8) is 0 Å². The minimum Gasteiger partial charge on any atom is -0.450 e. The van der Waals surface area contributed by atoms with Crippen LogP contribution in [0.3, 0.4) is 0 Å². The van der Waals surface area contributed by atoms with Crippen LogP contribution in [0.1, 0.15) is 50.5 Å². The van der Waals surface area contributed by atoms with E-state index >= 15 is 0 Å². The van der Waals surface area contributed by atoms with E-state index in [2.05, 4.69) is 29.5 Å². The Kier molecular flexibility index (Phi) is 7.69. The van der Waals surface area contributed by atoms with Crippen molar-refractivity contribution in [3.8, 4) is 0 Å². The first-order chi connectivity index (χ1) is 12.5. The third kappa shape index (κ3) is 6.20. The fourth-order valence-electron chi connectivity index (χ4n) is 2.82. The summed E-state index contributed by atoms with van der Waals surface area (Å²) in [4.78, 5) is 30.0. The third-order valence-electron chi connectivity index (χ3n) is 4.40. The maximum Gasteiger partial charge on any atom is 0.409 e. The van der Waals surface area contributed by atoms with E-state index in [1.807, 2.05) is 6.07 Å². The lowest BCUT2D eigenvalue weighted by molar-refractivity contribution is 0.0856. The standard InChI is InChI=1S/C19H30N4O3/c1-4-26-19(25)23-11-8-15(9-12-23)22-18(24)17-6-5-16(13-21-17)20-10-7-14(2)3/h5-6,13-15,20H,4,7-12H2,1-3H3,(H,22,24). The number of carbonyl (C=O) groups is 2. The summed E-state index contributed by atoms with van der Waals surface area (Å²) >= 11 is 0. The van der Waals surface area contributed by atoms with Crippen molar-refractivity contribution >= 4 is 17.7 Å². The van der Waals surface area contributed by atoms with Gasteiger partial charge < -0.3 is 20.3 Å². The molecule has 1 fully saturated rings. The van der Waals surface area contributed by atoms with Gasteiger partial charge >= 0.3 is 6.09 Å². The van der Waals surface area contributed by atoms with Crippen molar-refractivity contribution in [2.45, 2.75) is 46.1 Å². The number of anilines is 1. The van der Waals surface area contributed by atoms with Gasteiger partial charge in [0.15, 0.2) is 0 Å². The summed E-state index contributed by atoms with van der Waals surface area (Å²) in [5.74, 6) is 0.476. The second-order valence-electron chi connectivity index (χ2n) is 6.98. The van der Waals surface area contributed by atoms with Crippen LogP contribution in [-0.4, -0.2) is 54.2 Å². The van der Waals surface area contributed by atoms with E-state index in [1.54, 1.807) is 24.1 Å².